The first-order valence-electron chi connectivity index (χ1n) is 6.55. The third kappa shape index (κ3) is 3.75. The monoisotopic (exact) mass is 265 g/mol. The highest BCUT2D eigenvalue weighted by Crippen LogP contribution is 2.13. The van der Waals surface area contributed by atoms with Crippen LogP contribution >= 0.6 is 0 Å². The Bertz CT molecular complexity index is 456. The van der Waals surface area contributed by atoms with Crippen LogP contribution in [0.1, 0.15) is 18.1 Å². The molecule has 0 unspecified atom stereocenters. The summed E-state index contributed by atoms with van der Waals surface area (Å²) in [6.07, 6.45) is 0. The van der Waals surface area contributed by atoms with Gasteiger partial charge in [-0.25, -0.2) is 4.39 Å². The highest BCUT2D eigenvalue weighted by atomic mass is 19.1. The van der Waals surface area contributed by atoms with E-state index in [1.807, 2.05) is 11.0 Å². The molecule has 1 aliphatic rings. The molecule has 1 saturated heterocycles. The van der Waals surface area contributed by atoms with Crippen LogP contribution in [-0.4, -0.2) is 41.9 Å². The van der Waals surface area contributed by atoms with Crippen molar-refractivity contribution in [3.63, 3.8) is 0 Å². The Labute approximate surface area is 113 Å². The van der Waals surface area contributed by atoms with Gasteiger partial charge in [0, 0.05) is 46.2 Å². The summed E-state index contributed by atoms with van der Waals surface area (Å²) in [6.45, 7) is 5.79. The average Bonchev–Trinajstić information content (AvgIpc) is 2.38. The molecule has 5 heteroatoms. The van der Waals surface area contributed by atoms with E-state index in [-0.39, 0.29) is 11.7 Å². The first-order valence-corrected chi connectivity index (χ1v) is 6.55. The van der Waals surface area contributed by atoms with E-state index >= 15 is 0 Å². The maximum atomic E-state index is 13.4. The van der Waals surface area contributed by atoms with Gasteiger partial charge in [0.15, 0.2) is 0 Å². The molecule has 2 N–H and O–H groups in total. The maximum Gasteiger partial charge on any atom is 0.219 e. The fraction of sp³-hybridized carbons (Fsp3) is 0.500. The number of nitrogens with zero attached hydrogens (tertiary/aromatic N) is 2. The molecule has 0 saturated carbocycles. The summed E-state index contributed by atoms with van der Waals surface area (Å²) < 4.78 is 13.4. The molecular formula is C14H20FN3O. The van der Waals surface area contributed by atoms with Gasteiger partial charge in [-0.2, -0.15) is 0 Å². The number of benzene rings is 1. The molecular weight excluding hydrogens is 245 g/mol. The Morgan fingerprint density at radius 3 is 2.42 bits per heavy atom. The molecule has 1 aromatic carbocycles. The molecule has 0 radical (unpaired) electrons. The SMILES string of the molecule is CC(=O)N1CCN(Cc2cc(F)cc(CN)c2)CC1. The molecule has 1 amide bonds. The Morgan fingerprint density at radius 2 is 1.84 bits per heavy atom. The number of halogens is 1. The van der Waals surface area contributed by atoms with Gasteiger partial charge in [0.1, 0.15) is 5.82 Å². The van der Waals surface area contributed by atoms with E-state index in [0.29, 0.717) is 13.1 Å². The van der Waals surface area contributed by atoms with Gasteiger partial charge in [-0.3, -0.25) is 9.69 Å². The number of amides is 1. The van der Waals surface area contributed by atoms with E-state index in [9.17, 15) is 9.18 Å². The van der Waals surface area contributed by atoms with Crippen molar-refractivity contribution in [3.05, 3.63) is 35.1 Å². The second-order valence-electron chi connectivity index (χ2n) is 4.95. The van der Waals surface area contributed by atoms with E-state index in [4.69, 9.17) is 5.73 Å². The van der Waals surface area contributed by atoms with Crippen LogP contribution in [-0.2, 0) is 17.9 Å². The highest BCUT2D eigenvalue weighted by molar-refractivity contribution is 5.73. The molecule has 19 heavy (non-hydrogen) atoms. The fourth-order valence-electron chi connectivity index (χ4n) is 2.41. The number of piperazine rings is 1. The zero-order valence-corrected chi connectivity index (χ0v) is 11.2. The molecule has 0 atom stereocenters. The lowest BCUT2D eigenvalue weighted by molar-refractivity contribution is -0.130. The molecule has 0 aromatic heterocycles. The normalized spacial score (nSPS) is 16.7. The molecule has 1 heterocycles. The number of hydrogen-bond donors (Lipinski definition) is 1. The molecule has 104 valence electrons. The summed E-state index contributed by atoms with van der Waals surface area (Å²) in [7, 11) is 0. The van der Waals surface area contributed by atoms with E-state index in [2.05, 4.69) is 4.90 Å². The van der Waals surface area contributed by atoms with Gasteiger partial charge in [-0.15, -0.1) is 0 Å². The molecule has 0 spiro atoms. The Hall–Kier alpha value is -1.46. The second kappa shape index (κ2) is 6.12. The summed E-state index contributed by atoms with van der Waals surface area (Å²) >= 11 is 0. The molecule has 1 aliphatic heterocycles. The van der Waals surface area contributed by atoms with Crippen LogP contribution in [0.3, 0.4) is 0 Å². The van der Waals surface area contributed by atoms with Crippen LogP contribution in [0.4, 0.5) is 4.39 Å². The fourth-order valence-corrected chi connectivity index (χ4v) is 2.41. The summed E-state index contributed by atoms with van der Waals surface area (Å²) in [5.74, 6) is -0.115. The van der Waals surface area contributed by atoms with Crippen molar-refractivity contribution in [3.8, 4) is 0 Å². The lowest BCUT2D eigenvalue weighted by atomic mass is 10.1. The molecule has 1 aromatic rings. The minimum absolute atomic E-state index is 0.121. The lowest BCUT2D eigenvalue weighted by Gasteiger charge is -2.34. The van der Waals surface area contributed by atoms with E-state index in [0.717, 1.165) is 37.3 Å². The van der Waals surface area contributed by atoms with Gasteiger partial charge in [0.25, 0.3) is 0 Å². The molecule has 4 nitrogen and oxygen atoms in total. The van der Waals surface area contributed by atoms with Crippen molar-refractivity contribution in [2.24, 2.45) is 5.73 Å². The van der Waals surface area contributed by atoms with Gasteiger partial charge in [-0.05, 0) is 23.3 Å². The predicted molar refractivity (Wildman–Crippen MR) is 71.8 cm³/mol. The first-order chi connectivity index (χ1) is 9.08. The van der Waals surface area contributed by atoms with Crippen molar-refractivity contribution in [1.82, 2.24) is 9.80 Å². The smallest absolute Gasteiger partial charge is 0.219 e. The molecule has 1 fully saturated rings. The van der Waals surface area contributed by atoms with Crippen LogP contribution < -0.4 is 5.73 Å². The van der Waals surface area contributed by atoms with Gasteiger partial charge in [-0.1, -0.05) is 6.07 Å². The summed E-state index contributed by atoms with van der Waals surface area (Å²) in [5.41, 5.74) is 7.31. The minimum atomic E-state index is -0.236. The van der Waals surface area contributed by atoms with Crippen molar-refractivity contribution in [1.29, 1.82) is 0 Å². The number of nitrogens with two attached hydrogens (primary N) is 1. The van der Waals surface area contributed by atoms with Crippen molar-refractivity contribution in [2.45, 2.75) is 20.0 Å². The minimum Gasteiger partial charge on any atom is -0.340 e. The summed E-state index contributed by atoms with van der Waals surface area (Å²) in [6, 6.07) is 4.97. The van der Waals surface area contributed by atoms with Crippen LogP contribution in [0.2, 0.25) is 0 Å². The van der Waals surface area contributed by atoms with Crippen molar-refractivity contribution < 1.29 is 9.18 Å². The Balaban J connectivity index is 1.95. The zero-order chi connectivity index (χ0) is 13.8. The average molecular weight is 265 g/mol. The number of rotatable bonds is 3. The van der Waals surface area contributed by atoms with E-state index in [1.54, 1.807) is 13.0 Å². The third-order valence-electron chi connectivity index (χ3n) is 3.48. The Morgan fingerprint density at radius 1 is 1.21 bits per heavy atom. The maximum absolute atomic E-state index is 13.4. The molecule has 0 aliphatic carbocycles. The van der Waals surface area contributed by atoms with Crippen LogP contribution in [0.15, 0.2) is 18.2 Å². The summed E-state index contributed by atoms with van der Waals surface area (Å²) in [4.78, 5) is 15.3. The largest absolute Gasteiger partial charge is 0.340 e. The molecule has 0 bridgehead atoms. The van der Waals surface area contributed by atoms with E-state index in [1.165, 1.54) is 6.07 Å². The predicted octanol–water partition coefficient (Wildman–Crippen LogP) is 0.949. The molecule has 2 rings (SSSR count). The van der Waals surface area contributed by atoms with Crippen molar-refractivity contribution in [2.75, 3.05) is 26.2 Å². The Kier molecular flexibility index (Phi) is 4.50. The van der Waals surface area contributed by atoms with Gasteiger partial charge >= 0.3 is 0 Å². The third-order valence-corrected chi connectivity index (χ3v) is 3.48. The standard InChI is InChI=1S/C14H20FN3O/c1-11(19)18-4-2-17(3-5-18)10-13-6-12(9-16)7-14(15)8-13/h6-8H,2-5,9-10,16H2,1H3. The second-order valence-corrected chi connectivity index (χ2v) is 4.95. The highest BCUT2D eigenvalue weighted by Gasteiger charge is 2.18. The zero-order valence-electron chi connectivity index (χ0n) is 11.2. The first kappa shape index (κ1) is 14.0. The lowest BCUT2D eigenvalue weighted by Crippen LogP contribution is -2.47. The van der Waals surface area contributed by atoms with Gasteiger partial charge in [0.05, 0.1) is 0 Å². The van der Waals surface area contributed by atoms with Gasteiger partial charge in [0.2, 0.25) is 5.91 Å². The van der Waals surface area contributed by atoms with Crippen LogP contribution in [0, 0.1) is 5.82 Å². The van der Waals surface area contributed by atoms with E-state index < -0.39 is 0 Å². The quantitative estimate of drug-likeness (QED) is 0.885. The number of carbonyl (C=O) groups is 1. The van der Waals surface area contributed by atoms with Crippen molar-refractivity contribution >= 4 is 5.91 Å². The van der Waals surface area contributed by atoms with Gasteiger partial charge < -0.3 is 10.6 Å². The topological polar surface area (TPSA) is 49.6 Å². The van der Waals surface area contributed by atoms with Crippen LogP contribution in [0.5, 0.6) is 0 Å². The number of hydrogen-bond acceptors (Lipinski definition) is 3. The number of carbonyl (C=O) groups excluding carboxylic acids is 1. The van der Waals surface area contributed by atoms with Crippen LogP contribution in [0.25, 0.3) is 0 Å². The summed E-state index contributed by atoms with van der Waals surface area (Å²) in [5, 5.41) is 0.